The molecule has 5 heteroatoms. The highest BCUT2D eigenvalue weighted by atomic mass is 19.1. The van der Waals surface area contributed by atoms with Gasteiger partial charge in [0.25, 0.3) is 0 Å². The summed E-state index contributed by atoms with van der Waals surface area (Å²) in [5, 5.41) is 0. The lowest BCUT2D eigenvalue weighted by atomic mass is 10.2. The lowest BCUT2D eigenvalue weighted by Gasteiger charge is -2.07. The van der Waals surface area contributed by atoms with Gasteiger partial charge >= 0.3 is 0 Å². The van der Waals surface area contributed by atoms with Crippen LogP contribution >= 0.6 is 0 Å². The minimum absolute atomic E-state index is 0.0201. The molecule has 21 heavy (non-hydrogen) atoms. The number of ether oxygens (including phenoxy) is 1. The molecule has 0 atom stereocenters. The minimum atomic E-state index is -0.586. The summed E-state index contributed by atoms with van der Waals surface area (Å²) in [5.41, 5.74) is 1.04. The molecule has 0 saturated heterocycles. The molecule has 1 heterocycles. The van der Waals surface area contributed by atoms with Gasteiger partial charge in [-0.15, -0.1) is 0 Å². The largest absolute Gasteiger partial charge is 0.486 e. The Balaban J connectivity index is 2.20. The Morgan fingerprint density at radius 3 is 2.86 bits per heavy atom. The number of fused-ring (bicyclic) bond motifs is 1. The van der Waals surface area contributed by atoms with E-state index in [1.54, 1.807) is 6.07 Å². The van der Waals surface area contributed by atoms with Gasteiger partial charge in [0.05, 0.1) is 6.33 Å². The van der Waals surface area contributed by atoms with E-state index in [1.165, 1.54) is 6.07 Å². The van der Waals surface area contributed by atoms with Crippen LogP contribution in [0.5, 0.6) is 5.75 Å². The number of unbranched alkanes of at least 4 members (excludes halogenated alkanes) is 1. The molecule has 0 radical (unpaired) electrons. The second-order valence-corrected chi connectivity index (χ2v) is 4.85. The van der Waals surface area contributed by atoms with Gasteiger partial charge in [-0.25, -0.2) is 9.37 Å². The average Bonchev–Trinajstić information content (AvgIpc) is 2.92. The molecule has 0 aliphatic rings. The molecule has 3 nitrogen and oxygen atoms in total. The molecule has 0 unspecified atom stereocenters. The van der Waals surface area contributed by atoms with Crippen molar-refractivity contribution < 1.29 is 17.9 Å². The van der Waals surface area contributed by atoms with Crippen molar-refractivity contribution in [2.24, 2.45) is 0 Å². The Hall–Kier alpha value is -1.91. The maximum Gasteiger partial charge on any atom is 0.209 e. The van der Waals surface area contributed by atoms with Crippen LogP contribution in [0.25, 0.3) is 11.1 Å². The Bertz CT molecular complexity index is 634. The van der Waals surface area contributed by atoms with E-state index in [4.69, 9.17) is 9.15 Å². The summed E-state index contributed by atoms with van der Waals surface area (Å²) in [7, 11) is 0. The first-order chi connectivity index (χ1) is 10.2. The number of aromatic nitrogens is 1. The smallest absolute Gasteiger partial charge is 0.209 e. The lowest BCUT2D eigenvalue weighted by molar-refractivity contribution is 0.326. The van der Waals surface area contributed by atoms with Gasteiger partial charge in [-0.05, 0) is 30.5 Å². The molecule has 0 amide bonds. The summed E-state index contributed by atoms with van der Waals surface area (Å²) in [6.45, 7) is 3.90. The fourth-order valence-corrected chi connectivity index (χ4v) is 1.92. The minimum Gasteiger partial charge on any atom is -0.486 e. The van der Waals surface area contributed by atoms with Crippen molar-refractivity contribution in [2.45, 2.75) is 39.5 Å². The van der Waals surface area contributed by atoms with Crippen molar-refractivity contribution in [3.63, 3.8) is 0 Å². The third-order valence-corrected chi connectivity index (χ3v) is 3.27. The molecule has 0 bridgehead atoms. The van der Waals surface area contributed by atoms with Crippen LogP contribution in [-0.4, -0.2) is 11.6 Å². The summed E-state index contributed by atoms with van der Waals surface area (Å²) >= 11 is 0. The summed E-state index contributed by atoms with van der Waals surface area (Å²) in [6, 6.07) is 3.15. The quantitative estimate of drug-likeness (QED) is 0.724. The molecule has 114 valence electrons. The zero-order valence-electron chi connectivity index (χ0n) is 12.3. The number of aryl methyl sites for hydroxylation is 1. The first-order valence-corrected chi connectivity index (χ1v) is 7.18. The van der Waals surface area contributed by atoms with E-state index in [2.05, 4.69) is 11.9 Å². The molecule has 0 saturated carbocycles. The highest BCUT2D eigenvalue weighted by Crippen LogP contribution is 2.28. The molecule has 0 N–H and O–H groups in total. The molecule has 0 aliphatic heterocycles. The van der Waals surface area contributed by atoms with Gasteiger partial charge in [-0.2, -0.15) is 4.39 Å². The van der Waals surface area contributed by atoms with Gasteiger partial charge in [0.1, 0.15) is 12.1 Å². The topological polar surface area (TPSA) is 35.3 Å². The first-order valence-electron chi connectivity index (χ1n) is 7.18. The van der Waals surface area contributed by atoms with E-state index in [0.717, 1.165) is 12.8 Å². The number of halogens is 2. The predicted octanol–water partition coefficient (Wildman–Crippen LogP) is 4.95. The monoisotopic (exact) mass is 295 g/mol. The fraction of sp³-hybridized carbons (Fsp3) is 0.438. The number of nitrogens with zero attached hydrogens (tertiary/aromatic N) is 1. The Morgan fingerprint density at radius 2 is 2.19 bits per heavy atom. The molecular formula is C16H19F2NO2. The molecule has 2 aromatic rings. The van der Waals surface area contributed by atoms with Crippen LogP contribution in [0.1, 0.15) is 39.0 Å². The van der Waals surface area contributed by atoms with E-state index in [-0.39, 0.29) is 17.9 Å². The van der Waals surface area contributed by atoms with E-state index >= 15 is 0 Å². The van der Waals surface area contributed by atoms with E-state index in [9.17, 15) is 8.78 Å². The molecule has 0 spiro atoms. The Kier molecular flexibility index (Phi) is 5.31. The van der Waals surface area contributed by atoms with Crippen LogP contribution in [-0.2, 0) is 6.42 Å². The maximum atomic E-state index is 14.3. The Morgan fingerprint density at radius 1 is 1.38 bits per heavy atom. The van der Waals surface area contributed by atoms with Crippen molar-refractivity contribution in [2.75, 3.05) is 6.61 Å². The molecule has 1 aromatic carbocycles. The van der Waals surface area contributed by atoms with Crippen molar-refractivity contribution in [3.05, 3.63) is 35.7 Å². The van der Waals surface area contributed by atoms with E-state index in [1.807, 2.05) is 6.92 Å². The van der Waals surface area contributed by atoms with Crippen molar-refractivity contribution in [1.82, 2.24) is 4.98 Å². The van der Waals surface area contributed by atoms with Crippen LogP contribution in [0.4, 0.5) is 8.78 Å². The van der Waals surface area contributed by atoms with Crippen LogP contribution in [0.2, 0.25) is 0 Å². The molecule has 0 aliphatic carbocycles. The summed E-state index contributed by atoms with van der Waals surface area (Å²) < 4.78 is 37.5. The summed E-state index contributed by atoms with van der Waals surface area (Å²) in [5.74, 6) is -0.00801. The maximum absolute atomic E-state index is 14.3. The van der Waals surface area contributed by atoms with Gasteiger partial charge in [0.15, 0.2) is 17.2 Å². The van der Waals surface area contributed by atoms with Crippen LogP contribution in [0.15, 0.2) is 28.5 Å². The zero-order chi connectivity index (χ0) is 15.2. The number of rotatable bonds is 7. The SMILES string of the molecule is CCCCc1nc2ccc(OC/C(=C/F)CC)c(F)c2o1. The standard InChI is InChI=1S/C16H19F2NO2/c1-3-5-6-14-19-12-7-8-13(15(18)16(12)21-14)20-10-11(4-2)9-17/h7-9H,3-6,10H2,1-2H3/b11-9+. The van der Waals surface area contributed by atoms with Crippen molar-refractivity contribution in [3.8, 4) is 5.75 Å². The highest BCUT2D eigenvalue weighted by Gasteiger charge is 2.15. The molecule has 0 fully saturated rings. The predicted molar refractivity (Wildman–Crippen MR) is 77.6 cm³/mol. The van der Waals surface area contributed by atoms with Crippen LogP contribution in [0, 0.1) is 5.82 Å². The van der Waals surface area contributed by atoms with Crippen LogP contribution in [0.3, 0.4) is 0 Å². The number of oxazole rings is 1. The van der Waals surface area contributed by atoms with Crippen molar-refractivity contribution >= 4 is 11.1 Å². The third-order valence-electron chi connectivity index (χ3n) is 3.27. The second-order valence-electron chi connectivity index (χ2n) is 4.85. The normalized spacial score (nSPS) is 12.1. The number of benzene rings is 1. The summed E-state index contributed by atoms with van der Waals surface area (Å²) in [6.07, 6.45) is 3.66. The molecular weight excluding hydrogens is 276 g/mol. The van der Waals surface area contributed by atoms with Gasteiger partial charge in [0, 0.05) is 6.42 Å². The number of hydrogen-bond donors (Lipinski definition) is 0. The lowest BCUT2D eigenvalue weighted by Crippen LogP contribution is -2.01. The van der Waals surface area contributed by atoms with Gasteiger partial charge in [-0.3, -0.25) is 0 Å². The van der Waals surface area contributed by atoms with Crippen LogP contribution < -0.4 is 4.74 Å². The van der Waals surface area contributed by atoms with Gasteiger partial charge < -0.3 is 9.15 Å². The van der Waals surface area contributed by atoms with E-state index < -0.39 is 5.82 Å². The number of hydrogen-bond acceptors (Lipinski definition) is 3. The van der Waals surface area contributed by atoms with Gasteiger partial charge in [-0.1, -0.05) is 20.3 Å². The first kappa shape index (κ1) is 15.5. The van der Waals surface area contributed by atoms with Crippen molar-refractivity contribution in [1.29, 1.82) is 0 Å². The zero-order valence-corrected chi connectivity index (χ0v) is 12.3. The van der Waals surface area contributed by atoms with E-state index in [0.29, 0.717) is 36.2 Å². The second kappa shape index (κ2) is 7.20. The summed E-state index contributed by atoms with van der Waals surface area (Å²) in [4.78, 5) is 4.25. The average molecular weight is 295 g/mol. The third kappa shape index (κ3) is 3.60. The molecule has 2 rings (SSSR count). The van der Waals surface area contributed by atoms with Gasteiger partial charge in [0.2, 0.25) is 5.82 Å². The Labute approximate surface area is 122 Å². The highest BCUT2D eigenvalue weighted by molar-refractivity contribution is 5.75. The fourth-order valence-electron chi connectivity index (χ4n) is 1.92. The molecule has 1 aromatic heterocycles.